The molecule has 3 rings (SSSR count). The summed E-state index contributed by atoms with van der Waals surface area (Å²) in [5.41, 5.74) is 0.791. The fraction of sp³-hybridized carbons (Fsp3) is 0.308. The third-order valence-corrected chi connectivity index (χ3v) is 3.41. The average molecular weight is 275 g/mol. The maximum Gasteiger partial charge on any atom is 0.326 e. The zero-order valence-corrected chi connectivity index (χ0v) is 10.5. The topological polar surface area (TPSA) is 95.1 Å². The Morgan fingerprint density at radius 2 is 2.15 bits per heavy atom. The molecule has 7 heteroatoms. The van der Waals surface area contributed by atoms with Crippen molar-refractivity contribution in [1.82, 2.24) is 14.3 Å². The molecule has 0 radical (unpaired) electrons. The van der Waals surface area contributed by atoms with Gasteiger partial charge in [0.2, 0.25) is 0 Å². The van der Waals surface area contributed by atoms with E-state index in [4.69, 9.17) is 5.11 Å². The van der Waals surface area contributed by atoms with Crippen molar-refractivity contribution in [3.05, 3.63) is 36.3 Å². The van der Waals surface area contributed by atoms with Gasteiger partial charge in [-0.15, -0.1) is 0 Å². The second kappa shape index (κ2) is 4.61. The highest BCUT2D eigenvalue weighted by atomic mass is 16.4. The molecule has 2 atom stereocenters. The molecule has 0 unspecified atom stereocenters. The molecule has 0 saturated carbocycles. The summed E-state index contributed by atoms with van der Waals surface area (Å²) in [6.45, 7) is 0.0175. The van der Waals surface area contributed by atoms with Crippen molar-refractivity contribution in [2.45, 2.75) is 18.6 Å². The first kappa shape index (κ1) is 12.6. The molecule has 1 amide bonds. The molecule has 20 heavy (non-hydrogen) atoms. The summed E-state index contributed by atoms with van der Waals surface area (Å²) in [5.74, 6) is -1.59. The largest absolute Gasteiger partial charge is 0.480 e. The first-order chi connectivity index (χ1) is 9.56. The number of pyridine rings is 1. The minimum absolute atomic E-state index is 0.0175. The van der Waals surface area contributed by atoms with E-state index >= 15 is 0 Å². The van der Waals surface area contributed by atoms with Crippen molar-refractivity contribution in [3.8, 4) is 0 Å². The van der Waals surface area contributed by atoms with Gasteiger partial charge in [-0.05, 0) is 12.1 Å². The van der Waals surface area contributed by atoms with Gasteiger partial charge in [0.15, 0.2) is 0 Å². The number of carboxylic acids is 1. The van der Waals surface area contributed by atoms with Gasteiger partial charge >= 0.3 is 5.97 Å². The first-order valence-corrected chi connectivity index (χ1v) is 6.22. The van der Waals surface area contributed by atoms with Gasteiger partial charge in [0.25, 0.3) is 5.91 Å². The van der Waals surface area contributed by atoms with Gasteiger partial charge in [-0.2, -0.15) is 0 Å². The number of hydrogen-bond acceptors (Lipinski definition) is 4. The molecular weight excluding hydrogens is 262 g/mol. The van der Waals surface area contributed by atoms with Crippen LogP contribution < -0.4 is 0 Å². The lowest BCUT2D eigenvalue weighted by Crippen LogP contribution is -2.40. The Labute approximate surface area is 114 Å². The molecule has 104 valence electrons. The summed E-state index contributed by atoms with van der Waals surface area (Å²) in [7, 11) is 0. The lowest BCUT2D eigenvalue weighted by molar-refractivity contribution is -0.141. The third kappa shape index (κ3) is 2.01. The van der Waals surface area contributed by atoms with Crippen molar-refractivity contribution in [3.63, 3.8) is 0 Å². The van der Waals surface area contributed by atoms with Crippen LogP contribution in [-0.4, -0.2) is 55.1 Å². The molecule has 1 aliphatic heterocycles. The van der Waals surface area contributed by atoms with Crippen LogP contribution in [0.1, 0.15) is 16.9 Å². The average Bonchev–Trinajstić information content (AvgIpc) is 3.01. The standard InChI is InChI=1S/C13H13N3O4/c17-8-5-10(13(19)20)16(6-8)12(18)9-7-15-4-2-1-3-11(15)14-9/h1-4,7-8,10,17H,5-6H2,(H,19,20)/t8-,10-/m0/s1. The number of carboxylic acid groups (broad SMARTS) is 1. The number of aliphatic carboxylic acids is 1. The molecule has 1 aliphatic rings. The number of β-amino-alcohol motifs (C(OH)–C–C–N with tert-alkyl or cyclic N) is 1. The van der Waals surface area contributed by atoms with Crippen LogP contribution in [0.2, 0.25) is 0 Å². The van der Waals surface area contributed by atoms with E-state index in [1.807, 2.05) is 6.07 Å². The van der Waals surface area contributed by atoms with Gasteiger partial charge in [-0.25, -0.2) is 9.78 Å². The van der Waals surface area contributed by atoms with E-state index in [0.717, 1.165) is 4.90 Å². The molecule has 2 aromatic heterocycles. The van der Waals surface area contributed by atoms with Gasteiger partial charge in [0.05, 0.1) is 6.10 Å². The number of imidazole rings is 1. The molecule has 0 aromatic carbocycles. The van der Waals surface area contributed by atoms with Crippen LogP contribution in [0.4, 0.5) is 0 Å². The molecule has 2 N–H and O–H groups in total. The lowest BCUT2D eigenvalue weighted by Gasteiger charge is -2.19. The highest BCUT2D eigenvalue weighted by Crippen LogP contribution is 2.21. The Kier molecular flexibility index (Phi) is 2.90. The first-order valence-electron chi connectivity index (χ1n) is 6.22. The molecular formula is C13H13N3O4. The molecule has 2 aromatic rings. The monoisotopic (exact) mass is 275 g/mol. The van der Waals surface area contributed by atoms with Crippen LogP contribution in [-0.2, 0) is 4.79 Å². The summed E-state index contributed by atoms with van der Waals surface area (Å²) in [6.07, 6.45) is 2.56. The van der Waals surface area contributed by atoms with E-state index < -0.39 is 24.0 Å². The van der Waals surface area contributed by atoms with Gasteiger partial charge < -0.3 is 19.5 Å². The Balaban J connectivity index is 1.93. The normalized spacial score (nSPS) is 22.4. The maximum absolute atomic E-state index is 12.4. The predicted octanol–water partition coefficient (Wildman–Crippen LogP) is -0.00570. The minimum Gasteiger partial charge on any atom is -0.480 e. The SMILES string of the molecule is O=C(O)[C@@H]1C[C@H](O)CN1C(=O)c1cn2ccccc2n1. The van der Waals surface area contributed by atoms with Crippen LogP contribution in [0.25, 0.3) is 5.65 Å². The molecule has 1 saturated heterocycles. The van der Waals surface area contributed by atoms with E-state index in [-0.39, 0.29) is 18.7 Å². The number of amides is 1. The number of fused-ring (bicyclic) bond motifs is 1. The molecule has 3 heterocycles. The zero-order chi connectivity index (χ0) is 14.3. The number of likely N-dealkylation sites (tertiary alicyclic amines) is 1. The Hall–Kier alpha value is -2.41. The van der Waals surface area contributed by atoms with Crippen LogP contribution >= 0.6 is 0 Å². The summed E-state index contributed by atoms with van der Waals surface area (Å²) < 4.78 is 1.69. The molecule has 0 bridgehead atoms. The second-order valence-corrected chi connectivity index (χ2v) is 4.79. The Morgan fingerprint density at radius 1 is 1.35 bits per heavy atom. The highest BCUT2D eigenvalue weighted by molar-refractivity contribution is 5.96. The Bertz CT molecular complexity index is 648. The molecule has 1 fully saturated rings. The van der Waals surface area contributed by atoms with E-state index in [1.54, 1.807) is 28.9 Å². The lowest BCUT2D eigenvalue weighted by atomic mass is 10.2. The summed E-state index contributed by atoms with van der Waals surface area (Å²) in [4.78, 5) is 28.8. The van der Waals surface area contributed by atoms with E-state index in [0.29, 0.717) is 5.65 Å². The number of aliphatic hydroxyl groups is 1. The number of hydrogen-bond donors (Lipinski definition) is 2. The fourth-order valence-corrected chi connectivity index (χ4v) is 2.46. The summed E-state index contributed by atoms with van der Waals surface area (Å²) in [5, 5.41) is 18.7. The van der Waals surface area contributed by atoms with Crippen LogP contribution in [0, 0.1) is 0 Å². The summed E-state index contributed by atoms with van der Waals surface area (Å²) in [6, 6.07) is 4.37. The molecule has 0 aliphatic carbocycles. The minimum atomic E-state index is -1.11. The smallest absolute Gasteiger partial charge is 0.326 e. The van der Waals surface area contributed by atoms with Crippen LogP contribution in [0.3, 0.4) is 0 Å². The summed E-state index contributed by atoms with van der Waals surface area (Å²) >= 11 is 0. The van der Waals surface area contributed by atoms with Gasteiger partial charge in [-0.3, -0.25) is 4.79 Å². The van der Waals surface area contributed by atoms with Crippen molar-refractivity contribution >= 4 is 17.5 Å². The van der Waals surface area contributed by atoms with Crippen molar-refractivity contribution < 1.29 is 19.8 Å². The molecule has 0 spiro atoms. The highest BCUT2D eigenvalue weighted by Gasteiger charge is 2.39. The zero-order valence-electron chi connectivity index (χ0n) is 10.5. The number of aliphatic hydroxyl groups excluding tert-OH is 1. The van der Waals surface area contributed by atoms with Gasteiger partial charge in [-0.1, -0.05) is 6.07 Å². The third-order valence-electron chi connectivity index (χ3n) is 3.41. The number of carbonyl (C=O) groups is 2. The quantitative estimate of drug-likeness (QED) is 0.804. The van der Waals surface area contributed by atoms with Gasteiger partial charge in [0, 0.05) is 25.4 Å². The number of carbonyl (C=O) groups excluding carboxylic acids is 1. The number of rotatable bonds is 2. The maximum atomic E-state index is 12.4. The second-order valence-electron chi connectivity index (χ2n) is 4.79. The number of aromatic nitrogens is 2. The van der Waals surface area contributed by atoms with Crippen molar-refractivity contribution in [1.29, 1.82) is 0 Å². The number of nitrogens with zero attached hydrogens (tertiary/aromatic N) is 3. The van der Waals surface area contributed by atoms with E-state index in [2.05, 4.69) is 4.98 Å². The Morgan fingerprint density at radius 3 is 2.85 bits per heavy atom. The van der Waals surface area contributed by atoms with Crippen LogP contribution in [0.15, 0.2) is 30.6 Å². The molecule has 7 nitrogen and oxygen atoms in total. The predicted molar refractivity (Wildman–Crippen MR) is 68.3 cm³/mol. The van der Waals surface area contributed by atoms with Crippen molar-refractivity contribution in [2.75, 3.05) is 6.54 Å². The fourth-order valence-electron chi connectivity index (χ4n) is 2.46. The van der Waals surface area contributed by atoms with E-state index in [1.165, 1.54) is 0 Å². The van der Waals surface area contributed by atoms with Crippen LogP contribution in [0.5, 0.6) is 0 Å². The van der Waals surface area contributed by atoms with Gasteiger partial charge in [0.1, 0.15) is 17.4 Å². The van der Waals surface area contributed by atoms with E-state index in [9.17, 15) is 14.7 Å². The van der Waals surface area contributed by atoms with Crippen molar-refractivity contribution in [2.24, 2.45) is 0 Å².